The van der Waals surface area contributed by atoms with E-state index in [1.807, 2.05) is 6.20 Å². The van der Waals surface area contributed by atoms with Gasteiger partial charge in [-0.3, -0.25) is 4.68 Å². The second kappa shape index (κ2) is 4.65. The topological polar surface area (TPSA) is 17.8 Å². The monoisotopic (exact) mass is 204 g/mol. The van der Waals surface area contributed by atoms with E-state index in [0.29, 0.717) is 6.04 Å². The van der Waals surface area contributed by atoms with Crippen molar-refractivity contribution in [2.45, 2.75) is 51.5 Å². The van der Waals surface area contributed by atoms with E-state index in [-0.39, 0.29) is 0 Å². The van der Waals surface area contributed by atoms with Crippen molar-refractivity contribution in [3.8, 4) is 0 Å². The van der Waals surface area contributed by atoms with Crippen molar-refractivity contribution in [2.24, 2.45) is 0 Å². The van der Waals surface area contributed by atoms with Gasteiger partial charge in [0.05, 0.1) is 12.2 Å². The number of hydrogen-bond donors (Lipinski definition) is 0. The van der Waals surface area contributed by atoms with Crippen molar-refractivity contribution >= 4 is 5.57 Å². The molecule has 0 N–H and O–H groups in total. The zero-order chi connectivity index (χ0) is 10.7. The summed E-state index contributed by atoms with van der Waals surface area (Å²) in [6, 6.07) is 0.636. The molecule has 2 nitrogen and oxygen atoms in total. The van der Waals surface area contributed by atoms with Crippen molar-refractivity contribution in [3.63, 3.8) is 0 Å². The lowest BCUT2D eigenvalue weighted by atomic mass is 9.96. The molecule has 1 aromatic rings. The quantitative estimate of drug-likeness (QED) is 0.732. The first kappa shape index (κ1) is 10.5. The second-order valence-corrected chi connectivity index (χ2v) is 4.46. The summed E-state index contributed by atoms with van der Waals surface area (Å²) in [5.74, 6) is 0. The summed E-state index contributed by atoms with van der Waals surface area (Å²) in [5.41, 5.74) is 2.40. The molecule has 1 aliphatic rings. The molecule has 1 saturated carbocycles. The van der Waals surface area contributed by atoms with Gasteiger partial charge in [0.15, 0.2) is 0 Å². The summed E-state index contributed by atoms with van der Waals surface area (Å²) in [6.07, 6.45) is 11.8. The molecule has 0 saturated heterocycles. The van der Waals surface area contributed by atoms with Gasteiger partial charge in [0, 0.05) is 11.8 Å². The molecule has 1 fully saturated rings. The van der Waals surface area contributed by atoms with Crippen molar-refractivity contribution in [2.75, 3.05) is 0 Å². The van der Waals surface area contributed by atoms with E-state index in [9.17, 15) is 0 Å². The molecular formula is C13H20N2. The fraction of sp³-hybridized carbons (Fsp3) is 0.615. The van der Waals surface area contributed by atoms with E-state index in [1.54, 1.807) is 0 Å². The standard InChI is InChI=1S/C13H20N2/c1-3-11(2)12-9-14-15(10-12)13-7-5-4-6-8-13/h9-10,13H,2-8H2,1H3. The van der Waals surface area contributed by atoms with Gasteiger partial charge in [-0.25, -0.2) is 0 Å². The molecule has 0 aliphatic heterocycles. The molecule has 0 atom stereocenters. The predicted octanol–water partition coefficient (Wildman–Crippen LogP) is 3.81. The largest absolute Gasteiger partial charge is 0.269 e. The Kier molecular flexibility index (Phi) is 3.24. The van der Waals surface area contributed by atoms with Gasteiger partial charge in [-0.05, 0) is 24.8 Å². The lowest BCUT2D eigenvalue weighted by Crippen LogP contribution is -2.12. The number of hydrogen-bond acceptors (Lipinski definition) is 1. The van der Waals surface area contributed by atoms with Crippen LogP contribution in [0.25, 0.3) is 5.57 Å². The normalized spacial score (nSPS) is 17.9. The Morgan fingerprint density at radius 2 is 2.20 bits per heavy atom. The van der Waals surface area contributed by atoms with Crippen molar-refractivity contribution < 1.29 is 0 Å². The molecule has 1 heterocycles. The number of rotatable bonds is 3. The summed E-state index contributed by atoms with van der Waals surface area (Å²) in [6.45, 7) is 6.19. The Morgan fingerprint density at radius 3 is 2.87 bits per heavy atom. The first-order chi connectivity index (χ1) is 7.31. The van der Waals surface area contributed by atoms with Gasteiger partial charge in [0.2, 0.25) is 0 Å². The van der Waals surface area contributed by atoms with Crippen LogP contribution in [-0.4, -0.2) is 9.78 Å². The highest BCUT2D eigenvalue weighted by Crippen LogP contribution is 2.28. The summed E-state index contributed by atoms with van der Waals surface area (Å²) >= 11 is 0. The van der Waals surface area contributed by atoms with Crippen LogP contribution in [-0.2, 0) is 0 Å². The fourth-order valence-corrected chi connectivity index (χ4v) is 2.27. The summed E-state index contributed by atoms with van der Waals surface area (Å²) in [7, 11) is 0. The van der Waals surface area contributed by atoms with Crippen LogP contribution in [0.1, 0.15) is 57.1 Å². The van der Waals surface area contributed by atoms with Gasteiger partial charge >= 0.3 is 0 Å². The first-order valence-electron chi connectivity index (χ1n) is 6.03. The van der Waals surface area contributed by atoms with Gasteiger partial charge < -0.3 is 0 Å². The minimum atomic E-state index is 0.636. The molecular weight excluding hydrogens is 184 g/mol. The van der Waals surface area contributed by atoms with Crippen molar-refractivity contribution in [3.05, 3.63) is 24.5 Å². The molecule has 0 amide bonds. The number of nitrogens with zero attached hydrogens (tertiary/aromatic N) is 2. The van der Waals surface area contributed by atoms with Gasteiger partial charge in [-0.15, -0.1) is 0 Å². The van der Waals surface area contributed by atoms with Crippen LogP contribution in [0.5, 0.6) is 0 Å². The van der Waals surface area contributed by atoms with Crippen molar-refractivity contribution in [1.29, 1.82) is 0 Å². The van der Waals surface area contributed by atoms with E-state index in [0.717, 1.165) is 6.42 Å². The second-order valence-electron chi connectivity index (χ2n) is 4.46. The molecule has 15 heavy (non-hydrogen) atoms. The first-order valence-corrected chi connectivity index (χ1v) is 6.03. The Bertz CT molecular complexity index is 332. The third-order valence-electron chi connectivity index (χ3n) is 3.39. The maximum atomic E-state index is 4.46. The third-order valence-corrected chi connectivity index (χ3v) is 3.39. The van der Waals surface area contributed by atoms with E-state index in [4.69, 9.17) is 0 Å². The highest BCUT2D eigenvalue weighted by molar-refractivity contribution is 5.61. The van der Waals surface area contributed by atoms with Gasteiger partial charge in [-0.2, -0.15) is 5.10 Å². The molecule has 0 unspecified atom stereocenters. The Balaban J connectivity index is 2.08. The Labute approximate surface area is 92.0 Å². The van der Waals surface area contributed by atoms with E-state index in [2.05, 4.69) is 29.5 Å². The molecule has 0 spiro atoms. The van der Waals surface area contributed by atoms with Crippen LogP contribution in [0, 0.1) is 0 Å². The van der Waals surface area contributed by atoms with E-state index in [1.165, 1.54) is 43.2 Å². The fourth-order valence-electron chi connectivity index (χ4n) is 2.27. The third kappa shape index (κ3) is 2.31. The van der Waals surface area contributed by atoms with Crippen molar-refractivity contribution in [1.82, 2.24) is 9.78 Å². The average molecular weight is 204 g/mol. The molecule has 82 valence electrons. The number of allylic oxidation sites excluding steroid dienone is 1. The van der Waals surface area contributed by atoms with Gasteiger partial charge in [0.1, 0.15) is 0 Å². The van der Waals surface area contributed by atoms with Crippen LogP contribution >= 0.6 is 0 Å². The van der Waals surface area contributed by atoms with Crippen LogP contribution in [0.15, 0.2) is 19.0 Å². The Morgan fingerprint density at radius 1 is 1.47 bits per heavy atom. The molecule has 2 heteroatoms. The maximum absolute atomic E-state index is 4.46. The minimum Gasteiger partial charge on any atom is -0.269 e. The van der Waals surface area contributed by atoms with E-state index >= 15 is 0 Å². The average Bonchev–Trinajstić information content (AvgIpc) is 2.78. The SMILES string of the molecule is C=C(CC)c1cnn(C2CCCCC2)c1. The molecule has 1 aliphatic carbocycles. The maximum Gasteiger partial charge on any atom is 0.0564 e. The zero-order valence-corrected chi connectivity index (χ0v) is 9.58. The van der Waals surface area contributed by atoms with Crippen LogP contribution in [0.4, 0.5) is 0 Å². The smallest absolute Gasteiger partial charge is 0.0564 e. The van der Waals surface area contributed by atoms with Gasteiger partial charge in [-0.1, -0.05) is 32.8 Å². The zero-order valence-electron chi connectivity index (χ0n) is 9.58. The summed E-state index contributed by atoms with van der Waals surface area (Å²) in [4.78, 5) is 0. The highest BCUT2D eigenvalue weighted by atomic mass is 15.3. The lowest BCUT2D eigenvalue weighted by molar-refractivity contribution is 0.329. The molecule has 0 radical (unpaired) electrons. The minimum absolute atomic E-state index is 0.636. The molecule has 0 bridgehead atoms. The summed E-state index contributed by atoms with van der Waals surface area (Å²) < 4.78 is 2.15. The lowest BCUT2D eigenvalue weighted by Gasteiger charge is -2.21. The predicted molar refractivity (Wildman–Crippen MR) is 63.7 cm³/mol. The molecule has 1 aromatic heterocycles. The number of aromatic nitrogens is 2. The van der Waals surface area contributed by atoms with E-state index < -0.39 is 0 Å². The van der Waals surface area contributed by atoms with Crippen LogP contribution in [0.3, 0.4) is 0 Å². The molecule has 0 aromatic carbocycles. The van der Waals surface area contributed by atoms with Gasteiger partial charge in [0.25, 0.3) is 0 Å². The Hall–Kier alpha value is -1.05. The molecule has 2 rings (SSSR count). The highest BCUT2D eigenvalue weighted by Gasteiger charge is 2.16. The van der Waals surface area contributed by atoms with Crippen LogP contribution < -0.4 is 0 Å². The van der Waals surface area contributed by atoms with Crippen LogP contribution in [0.2, 0.25) is 0 Å². The summed E-state index contributed by atoms with van der Waals surface area (Å²) in [5, 5.41) is 4.46.